The van der Waals surface area contributed by atoms with Crippen LogP contribution in [0.25, 0.3) is 55.7 Å². The number of rotatable bonds is 8. The molecule has 0 atom stereocenters. The van der Waals surface area contributed by atoms with Crippen molar-refractivity contribution in [3.8, 4) is 44.5 Å². The monoisotopic (exact) mass is 550 g/mol. The molecule has 0 bridgehead atoms. The summed E-state index contributed by atoms with van der Waals surface area (Å²) in [6.45, 7) is 6.31. The van der Waals surface area contributed by atoms with Gasteiger partial charge < -0.3 is 0 Å². The van der Waals surface area contributed by atoms with Crippen LogP contribution in [0.2, 0.25) is 0 Å². The molecule has 206 valence electrons. The Labute approximate surface area is 255 Å². The fourth-order valence-corrected chi connectivity index (χ4v) is 5.83. The van der Waals surface area contributed by atoms with E-state index < -0.39 is 0 Å². The van der Waals surface area contributed by atoms with E-state index in [9.17, 15) is 0 Å². The molecular weight excluding hydrogens is 516 g/mol. The highest BCUT2D eigenvalue weighted by atomic mass is 14.3. The number of hydrogen-bond acceptors (Lipinski definition) is 0. The molecule has 0 heteroatoms. The van der Waals surface area contributed by atoms with Gasteiger partial charge in [0.25, 0.3) is 0 Å². The smallest absolute Gasteiger partial charge is 0.00143 e. The average Bonchev–Trinajstić information content (AvgIpc) is 3.10. The highest BCUT2D eigenvalue weighted by molar-refractivity contribution is 6.07. The highest BCUT2D eigenvalue weighted by Crippen LogP contribution is 2.49. The number of allylic oxidation sites excluding steroid dienone is 5. The van der Waals surface area contributed by atoms with Gasteiger partial charge in [-0.15, -0.1) is 0 Å². The zero-order valence-electron chi connectivity index (χ0n) is 24.5. The van der Waals surface area contributed by atoms with Crippen molar-refractivity contribution in [2.75, 3.05) is 0 Å². The summed E-state index contributed by atoms with van der Waals surface area (Å²) in [5, 5.41) is 0. The van der Waals surface area contributed by atoms with Crippen molar-refractivity contribution in [3.63, 3.8) is 0 Å². The van der Waals surface area contributed by atoms with Crippen LogP contribution < -0.4 is 0 Å². The van der Waals surface area contributed by atoms with E-state index in [1.54, 1.807) is 0 Å². The van der Waals surface area contributed by atoms with E-state index in [1.807, 2.05) is 6.08 Å². The SMILES string of the molecule is C=C/C(=C\C(=C/C)c1cc(-c2ccccc2)c(-c2ccccc2)c(-c2ccccc2)c1-c1ccccc1)c1ccccc1. The lowest BCUT2D eigenvalue weighted by atomic mass is 9.78. The van der Waals surface area contributed by atoms with Gasteiger partial charge in [0.1, 0.15) is 0 Å². The van der Waals surface area contributed by atoms with Gasteiger partial charge in [-0.05, 0) is 85.8 Å². The van der Waals surface area contributed by atoms with Crippen LogP contribution in [0.15, 0.2) is 183 Å². The first-order valence-electron chi connectivity index (χ1n) is 14.8. The number of benzene rings is 6. The van der Waals surface area contributed by atoms with Crippen LogP contribution in [0.1, 0.15) is 18.1 Å². The Hall–Kier alpha value is -5.46. The summed E-state index contributed by atoms with van der Waals surface area (Å²) in [5.74, 6) is 0. The predicted molar refractivity (Wildman–Crippen MR) is 186 cm³/mol. The van der Waals surface area contributed by atoms with Gasteiger partial charge in [-0.1, -0.05) is 170 Å². The first-order chi connectivity index (χ1) is 21.3. The third-order valence-electron chi connectivity index (χ3n) is 7.86. The average molecular weight is 551 g/mol. The summed E-state index contributed by atoms with van der Waals surface area (Å²) >= 11 is 0. The molecule has 43 heavy (non-hydrogen) atoms. The Bertz CT molecular complexity index is 1880. The highest BCUT2D eigenvalue weighted by Gasteiger charge is 2.23. The molecule has 6 aromatic rings. The van der Waals surface area contributed by atoms with E-state index >= 15 is 0 Å². The Morgan fingerprint density at radius 3 is 1.35 bits per heavy atom. The molecule has 0 radical (unpaired) electrons. The maximum Gasteiger partial charge on any atom is -0.00143 e. The molecule has 0 aromatic heterocycles. The fraction of sp³-hybridized carbons (Fsp3) is 0.0233. The van der Waals surface area contributed by atoms with Gasteiger partial charge in [0, 0.05) is 0 Å². The minimum atomic E-state index is 1.09. The minimum Gasteiger partial charge on any atom is -0.0984 e. The first kappa shape index (κ1) is 27.7. The summed E-state index contributed by atoms with van der Waals surface area (Å²) in [5.41, 5.74) is 14.2. The first-order valence-corrected chi connectivity index (χ1v) is 14.8. The van der Waals surface area contributed by atoms with Gasteiger partial charge >= 0.3 is 0 Å². The fourth-order valence-electron chi connectivity index (χ4n) is 5.83. The summed E-state index contributed by atoms with van der Waals surface area (Å²) in [7, 11) is 0. The molecule has 0 N–H and O–H groups in total. The summed E-state index contributed by atoms with van der Waals surface area (Å²) in [6.07, 6.45) is 6.45. The quantitative estimate of drug-likeness (QED) is 0.165. The van der Waals surface area contributed by atoms with Crippen molar-refractivity contribution in [3.05, 3.63) is 194 Å². The largest absolute Gasteiger partial charge is 0.0984 e. The molecule has 0 unspecified atom stereocenters. The number of hydrogen-bond donors (Lipinski definition) is 0. The molecule has 0 aliphatic carbocycles. The lowest BCUT2D eigenvalue weighted by Gasteiger charge is -2.25. The van der Waals surface area contributed by atoms with Crippen molar-refractivity contribution in [2.24, 2.45) is 0 Å². The van der Waals surface area contributed by atoms with E-state index in [0.717, 1.165) is 16.7 Å². The maximum absolute atomic E-state index is 4.19. The molecule has 6 rings (SSSR count). The summed E-state index contributed by atoms with van der Waals surface area (Å²) in [6, 6.07) is 56.1. The van der Waals surface area contributed by atoms with Crippen LogP contribution in [-0.4, -0.2) is 0 Å². The molecule has 0 fully saturated rings. The van der Waals surface area contributed by atoms with E-state index in [0.29, 0.717) is 0 Å². The van der Waals surface area contributed by atoms with Crippen LogP contribution in [0.5, 0.6) is 0 Å². The normalized spacial score (nSPS) is 11.7. The molecule has 0 amide bonds. The van der Waals surface area contributed by atoms with E-state index in [1.165, 1.54) is 50.1 Å². The Morgan fingerprint density at radius 2 is 0.884 bits per heavy atom. The van der Waals surface area contributed by atoms with Gasteiger partial charge in [-0.2, -0.15) is 0 Å². The molecule has 0 heterocycles. The Morgan fingerprint density at radius 1 is 0.465 bits per heavy atom. The summed E-state index contributed by atoms with van der Waals surface area (Å²) in [4.78, 5) is 0. The minimum absolute atomic E-state index is 1.09. The molecule has 0 saturated carbocycles. The molecule has 0 spiro atoms. The summed E-state index contributed by atoms with van der Waals surface area (Å²) < 4.78 is 0. The van der Waals surface area contributed by atoms with Crippen LogP contribution in [-0.2, 0) is 0 Å². The van der Waals surface area contributed by atoms with Gasteiger partial charge in [0.15, 0.2) is 0 Å². The molecule has 0 saturated heterocycles. The Balaban J connectivity index is 1.78. The molecule has 0 nitrogen and oxygen atoms in total. The standard InChI is InChI=1S/C43H34/c1-3-32(34-20-10-5-11-21-34)30-33(4-2)39-31-40(35-22-12-6-13-23-35)42(37-26-16-8-17-27-37)43(38-28-18-9-19-29-38)41(39)36-24-14-7-15-25-36/h3-31H,1H2,2H3/b32-30+,33-4+. The molecular formula is C43H34. The van der Waals surface area contributed by atoms with E-state index in [4.69, 9.17) is 0 Å². The van der Waals surface area contributed by atoms with E-state index in [-0.39, 0.29) is 0 Å². The molecule has 0 aliphatic rings. The lowest BCUT2D eigenvalue weighted by Crippen LogP contribution is -2.00. The Kier molecular flexibility index (Phi) is 8.39. The van der Waals surface area contributed by atoms with Crippen molar-refractivity contribution in [1.29, 1.82) is 0 Å². The predicted octanol–water partition coefficient (Wildman–Crippen LogP) is 12.0. The van der Waals surface area contributed by atoms with Crippen LogP contribution in [0.4, 0.5) is 0 Å². The van der Waals surface area contributed by atoms with Crippen molar-refractivity contribution in [2.45, 2.75) is 6.92 Å². The van der Waals surface area contributed by atoms with Gasteiger partial charge in [-0.3, -0.25) is 0 Å². The second-order valence-electron chi connectivity index (χ2n) is 10.5. The third kappa shape index (κ3) is 5.82. The van der Waals surface area contributed by atoms with Gasteiger partial charge in [0.2, 0.25) is 0 Å². The van der Waals surface area contributed by atoms with Gasteiger partial charge in [-0.25, -0.2) is 0 Å². The van der Waals surface area contributed by atoms with Crippen LogP contribution in [0, 0.1) is 0 Å². The molecule has 6 aromatic carbocycles. The van der Waals surface area contributed by atoms with Crippen molar-refractivity contribution in [1.82, 2.24) is 0 Å². The topological polar surface area (TPSA) is 0 Å². The zero-order valence-corrected chi connectivity index (χ0v) is 24.5. The van der Waals surface area contributed by atoms with Crippen LogP contribution in [0.3, 0.4) is 0 Å². The zero-order chi connectivity index (χ0) is 29.4. The second-order valence-corrected chi connectivity index (χ2v) is 10.5. The van der Waals surface area contributed by atoms with E-state index in [2.05, 4.69) is 183 Å². The molecule has 0 aliphatic heterocycles. The van der Waals surface area contributed by atoms with Crippen molar-refractivity contribution >= 4 is 11.1 Å². The lowest BCUT2D eigenvalue weighted by molar-refractivity contribution is 1.51. The third-order valence-corrected chi connectivity index (χ3v) is 7.86. The van der Waals surface area contributed by atoms with Crippen LogP contribution >= 0.6 is 0 Å². The van der Waals surface area contributed by atoms with Gasteiger partial charge in [0.05, 0.1) is 0 Å². The van der Waals surface area contributed by atoms with Crippen molar-refractivity contribution < 1.29 is 0 Å². The maximum atomic E-state index is 4.19. The second kappa shape index (κ2) is 13.0.